The van der Waals surface area contributed by atoms with Crippen molar-refractivity contribution in [3.05, 3.63) is 95.1 Å². The summed E-state index contributed by atoms with van der Waals surface area (Å²) in [6, 6.07) is 13.5. The zero-order valence-electron chi connectivity index (χ0n) is 35.9. The van der Waals surface area contributed by atoms with E-state index >= 15 is 0 Å². The summed E-state index contributed by atoms with van der Waals surface area (Å²) in [5, 5.41) is 11.3. The van der Waals surface area contributed by atoms with Gasteiger partial charge in [-0.1, -0.05) is 112 Å². The maximum atomic E-state index is 14.2. The van der Waals surface area contributed by atoms with E-state index in [-0.39, 0.29) is 24.7 Å². The van der Waals surface area contributed by atoms with Gasteiger partial charge >= 0.3 is 11.9 Å². The van der Waals surface area contributed by atoms with Crippen molar-refractivity contribution in [1.29, 1.82) is 0 Å². The standard InChI is InChI=1S/C48H64N4O8/c1-6-14-38(43(54)45(56)50-30-40(53)52-42(47(58)60-48(3,4)5)37-21-11-10-15-31(37)2)51-44(55)39-29-35-17-12-16-34(28-35)27-33-24-22-32(23-25-33)18-13-26-49-41(46(57)59-39)36-19-8-7-9-20-36/h10-12,15-17,21-25,28,31,36-39,41-42,49H,6-9,13-14,18-20,26-27,29-30H2,1-5H3,(H,50,56)(H,51,55)(H,52,53)/t31?,37?,38?,39-,41?,42?/m1/s1. The largest absolute Gasteiger partial charge is 0.458 e. The first-order chi connectivity index (χ1) is 28.7. The van der Waals surface area contributed by atoms with Gasteiger partial charge in [0, 0.05) is 12.3 Å². The van der Waals surface area contributed by atoms with Gasteiger partial charge in [0.1, 0.15) is 17.7 Å². The number of carbonyl (C=O) groups is 6. The predicted molar refractivity (Wildman–Crippen MR) is 230 cm³/mol. The minimum absolute atomic E-state index is 0.0601. The molecular formula is C48H64N4O8. The maximum Gasteiger partial charge on any atom is 0.329 e. The monoisotopic (exact) mass is 824 g/mol. The van der Waals surface area contributed by atoms with E-state index in [0.717, 1.165) is 61.6 Å². The Bertz CT molecular complexity index is 1880. The molecule has 2 aliphatic heterocycles. The predicted octanol–water partition coefficient (Wildman–Crippen LogP) is 5.39. The highest BCUT2D eigenvalue weighted by Gasteiger charge is 2.37. The molecule has 12 nitrogen and oxygen atoms in total. The Hall–Kier alpha value is -5.10. The van der Waals surface area contributed by atoms with Gasteiger partial charge in [0.25, 0.3) is 11.8 Å². The minimum Gasteiger partial charge on any atom is -0.458 e. The summed E-state index contributed by atoms with van der Waals surface area (Å²) in [7, 11) is 0. The minimum atomic E-state index is -1.29. The molecule has 6 rings (SSSR count). The fraction of sp³-hybridized carbons (Fsp3) is 0.542. The second kappa shape index (κ2) is 21.9. The maximum absolute atomic E-state index is 14.2. The third kappa shape index (κ3) is 13.7. The molecule has 4 N–H and O–H groups in total. The second-order valence-corrected chi connectivity index (χ2v) is 17.6. The number of ether oxygens (including phenoxy) is 2. The number of hydrogen-bond acceptors (Lipinski definition) is 9. The van der Waals surface area contributed by atoms with E-state index < -0.39 is 77.7 Å². The second-order valence-electron chi connectivity index (χ2n) is 17.6. The number of amides is 3. The van der Waals surface area contributed by atoms with Crippen LogP contribution in [0.2, 0.25) is 0 Å². The van der Waals surface area contributed by atoms with Crippen molar-refractivity contribution in [2.75, 3.05) is 13.1 Å². The molecule has 5 unspecified atom stereocenters. The van der Waals surface area contributed by atoms with Crippen LogP contribution in [-0.4, -0.2) is 78.4 Å². The summed E-state index contributed by atoms with van der Waals surface area (Å²) in [6.45, 7) is 8.96. The molecule has 0 saturated heterocycles. The number of rotatable bonds is 12. The van der Waals surface area contributed by atoms with Crippen LogP contribution in [0.4, 0.5) is 0 Å². The summed E-state index contributed by atoms with van der Waals surface area (Å²) in [5.41, 5.74) is 3.40. The zero-order valence-corrected chi connectivity index (χ0v) is 35.9. The number of hydrogen-bond donors (Lipinski definition) is 4. The highest BCUT2D eigenvalue weighted by atomic mass is 16.6. The zero-order chi connectivity index (χ0) is 43.2. The molecule has 1 saturated carbocycles. The average Bonchev–Trinajstić information content (AvgIpc) is 3.21. The summed E-state index contributed by atoms with van der Waals surface area (Å²) in [4.78, 5) is 81.7. The van der Waals surface area contributed by atoms with Gasteiger partial charge in [0.05, 0.1) is 12.6 Å². The van der Waals surface area contributed by atoms with E-state index in [1.54, 1.807) is 26.8 Å². The van der Waals surface area contributed by atoms with Crippen molar-refractivity contribution >= 4 is 35.4 Å². The molecule has 2 aromatic carbocycles. The number of allylic oxidation sites excluding steroid dienone is 3. The molecule has 0 aromatic heterocycles. The van der Waals surface area contributed by atoms with E-state index in [1.807, 2.05) is 56.3 Å². The van der Waals surface area contributed by atoms with E-state index in [4.69, 9.17) is 9.47 Å². The third-order valence-electron chi connectivity index (χ3n) is 11.4. The Morgan fingerprint density at radius 3 is 2.28 bits per heavy atom. The van der Waals surface area contributed by atoms with Crippen LogP contribution in [0.1, 0.15) is 108 Å². The summed E-state index contributed by atoms with van der Waals surface area (Å²) in [5.74, 6) is -4.94. The molecule has 2 heterocycles. The van der Waals surface area contributed by atoms with Gasteiger partial charge in [-0.3, -0.25) is 24.0 Å². The number of esters is 2. The fourth-order valence-electron chi connectivity index (χ4n) is 8.28. The SMILES string of the molecule is CCCC(NC(=O)[C@H]1Cc2cccc(c2)Cc2ccc(cc2)CCCNC(C2CCCCC2)C(=O)O1)C(=O)C(=O)NCC(=O)NC(C(=O)OC(C)(C)C)C1C=CC=CC1C. The van der Waals surface area contributed by atoms with E-state index in [2.05, 4.69) is 45.5 Å². The Morgan fingerprint density at radius 1 is 0.883 bits per heavy atom. The van der Waals surface area contributed by atoms with Crippen LogP contribution in [-0.2, 0) is 57.5 Å². The van der Waals surface area contributed by atoms with E-state index in [1.165, 1.54) is 5.56 Å². The number of nitrogens with one attached hydrogen (secondary N) is 4. The number of ketones is 1. The summed E-state index contributed by atoms with van der Waals surface area (Å²) >= 11 is 0. The van der Waals surface area contributed by atoms with Crippen molar-refractivity contribution in [1.82, 2.24) is 21.3 Å². The van der Waals surface area contributed by atoms with Gasteiger partial charge in [-0.05, 0) is 99.9 Å². The lowest BCUT2D eigenvalue weighted by molar-refractivity contribution is -0.160. The molecular weight excluding hydrogens is 761 g/mol. The van der Waals surface area contributed by atoms with Crippen molar-refractivity contribution in [3.8, 4) is 0 Å². The fourth-order valence-corrected chi connectivity index (χ4v) is 8.28. The van der Waals surface area contributed by atoms with E-state index in [0.29, 0.717) is 19.4 Å². The third-order valence-corrected chi connectivity index (χ3v) is 11.4. The quantitative estimate of drug-likeness (QED) is 0.162. The van der Waals surface area contributed by atoms with Gasteiger partial charge in [-0.2, -0.15) is 0 Å². The highest BCUT2D eigenvalue weighted by Crippen LogP contribution is 2.28. The van der Waals surface area contributed by atoms with Crippen molar-refractivity contribution in [3.63, 3.8) is 0 Å². The van der Waals surface area contributed by atoms with Gasteiger partial charge in [0.15, 0.2) is 6.10 Å². The number of Topliss-reactive ketones (excluding diaryl/α,β-unsaturated/α-hetero) is 1. The highest BCUT2D eigenvalue weighted by molar-refractivity contribution is 6.38. The molecule has 4 bridgehead atoms. The number of benzene rings is 2. The molecule has 2 aromatic rings. The lowest BCUT2D eigenvalue weighted by atomic mass is 9.83. The van der Waals surface area contributed by atoms with Crippen LogP contribution in [0.15, 0.2) is 72.8 Å². The molecule has 6 atom stereocenters. The smallest absolute Gasteiger partial charge is 0.329 e. The van der Waals surface area contributed by atoms with Crippen LogP contribution in [0.5, 0.6) is 0 Å². The molecule has 0 radical (unpaired) electrons. The Kier molecular flexibility index (Phi) is 16.8. The van der Waals surface area contributed by atoms with Crippen LogP contribution >= 0.6 is 0 Å². The van der Waals surface area contributed by atoms with E-state index in [9.17, 15) is 28.8 Å². The van der Waals surface area contributed by atoms with Crippen LogP contribution in [0.25, 0.3) is 0 Å². The summed E-state index contributed by atoms with van der Waals surface area (Å²) in [6.07, 6.45) is 14.0. The normalized spacial score (nSPS) is 22.4. The van der Waals surface area contributed by atoms with Crippen molar-refractivity contribution in [2.24, 2.45) is 17.8 Å². The molecule has 3 amide bonds. The molecule has 324 valence electrons. The first kappa shape index (κ1) is 46.0. The average molecular weight is 825 g/mol. The number of fused-ring (bicyclic) bond motifs is 10. The van der Waals surface area contributed by atoms with Gasteiger partial charge < -0.3 is 30.7 Å². The van der Waals surface area contributed by atoms with Crippen LogP contribution in [0, 0.1) is 17.8 Å². The van der Waals surface area contributed by atoms with Crippen LogP contribution < -0.4 is 21.3 Å². The Balaban J connectivity index is 1.30. The lowest BCUT2D eigenvalue weighted by Gasteiger charge is -2.31. The molecule has 1 fully saturated rings. The number of aryl methyl sites for hydroxylation is 1. The molecule has 2 aliphatic carbocycles. The van der Waals surface area contributed by atoms with Crippen molar-refractivity contribution in [2.45, 2.75) is 135 Å². The lowest BCUT2D eigenvalue weighted by Crippen LogP contribution is -2.54. The van der Waals surface area contributed by atoms with Crippen LogP contribution in [0.3, 0.4) is 0 Å². The number of carbonyl (C=O) groups excluding carboxylic acids is 6. The first-order valence-corrected chi connectivity index (χ1v) is 21.8. The first-order valence-electron chi connectivity index (χ1n) is 21.8. The molecule has 60 heavy (non-hydrogen) atoms. The summed E-state index contributed by atoms with van der Waals surface area (Å²) < 4.78 is 11.7. The topological polar surface area (TPSA) is 169 Å². The Labute approximate surface area is 355 Å². The van der Waals surface area contributed by atoms with Gasteiger partial charge in [0.2, 0.25) is 11.7 Å². The van der Waals surface area contributed by atoms with Gasteiger partial charge in [-0.15, -0.1) is 0 Å². The van der Waals surface area contributed by atoms with Gasteiger partial charge in [-0.25, -0.2) is 4.79 Å². The Morgan fingerprint density at radius 2 is 1.58 bits per heavy atom. The van der Waals surface area contributed by atoms with Crippen molar-refractivity contribution < 1.29 is 38.2 Å². The molecule has 4 aliphatic rings. The molecule has 0 spiro atoms. The molecule has 12 heteroatoms.